The molecule has 4 heteroatoms. The maximum absolute atomic E-state index is 12.1. The number of hydrogen-bond donors (Lipinski definition) is 1. The first kappa shape index (κ1) is 14.5. The highest BCUT2D eigenvalue weighted by molar-refractivity contribution is 5.92. The van der Waals surface area contributed by atoms with E-state index in [0.29, 0.717) is 19.1 Å². The van der Waals surface area contributed by atoms with Crippen molar-refractivity contribution in [1.29, 1.82) is 5.26 Å². The smallest absolute Gasteiger partial charge is 0.238 e. The highest BCUT2D eigenvalue weighted by atomic mass is 16.2. The Kier molecular flexibility index (Phi) is 5.14. The number of nitriles is 1. The molecule has 1 saturated carbocycles. The number of nitrogens with one attached hydrogen (secondary N) is 1. The first-order chi connectivity index (χ1) is 9.69. The van der Waals surface area contributed by atoms with E-state index in [1.165, 1.54) is 12.8 Å². The predicted molar refractivity (Wildman–Crippen MR) is 79.3 cm³/mol. The van der Waals surface area contributed by atoms with Gasteiger partial charge in [0, 0.05) is 11.7 Å². The van der Waals surface area contributed by atoms with Crippen molar-refractivity contribution < 1.29 is 4.79 Å². The fourth-order valence-corrected chi connectivity index (χ4v) is 2.78. The highest BCUT2D eigenvalue weighted by Gasteiger charge is 2.24. The van der Waals surface area contributed by atoms with Gasteiger partial charge in [-0.2, -0.15) is 5.26 Å². The third kappa shape index (κ3) is 4.07. The maximum Gasteiger partial charge on any atom is 0.238 e. The topological polar surface area (TPSA) is 56.1 Å². The Balaban J connectivity index is 1.92. The standard InChI is InChI=1S/C16H21N3O/c1-13-5-4-6-14(11-13)18-16(20)12-19(10-9-17)15-7-2-3-8-15/h4-6,11,15H,2-3,7-8,10,12H2,1H3,(H,18,20). The Morgan fingerprint density at radius 2 is 2.20 bits per heavy atom. The minimum Gasteiger partial charge on any atom is -0.325 e. The molecular weight excluding hydrogens is 250 g/mol. The molecule has 0 aromatic heterocycles. The van der Waals surface area contributed by atoms with Gasteiger partial charge in [0.25, 0.3) is 0 Å². The van der Waals surface area contributed by atoms with E-state index in [1.54, 1.807) is 0 Å². The van der Waals surface area contributed by atoms with Gasteiger partial charge in [0.15, 0.2) is 0 Å². The molecule has 0 radical (unpaired) electrons. The second kappa shape index (κ2) is 7.06. The average molecular weight is 271 g/mol. The van der Waals surface area contributed by atoms with Crippen LogP contribution in [-0.2, 0) is 4.79 Å². The molecule has 106 valence electrons. The highest BCUT2D eigenvalue weighted by Crippen LogP contribution is 2.23. The van der Waals surface area contributed by atoms with Crippen LogP contribution in [0.5, 0.6) is 0 Å². The summed E-state index contributed by atoms with van der Waals surface area (Å²) in [7, 11) is 0. The van der Waals surface area contributed by atoms with Gasteiger partial charge in [-0.15, -0.1) is 0 Å². The molecule has 0 heterocycles. The molecule has 0 atom stereocenters. The summed E-state index contributed by atoms with van der Waals surface area (Å²) in [6.45, 7) is 2.62. The van der Waals surface area contributed by atoms with Crippen LogP contribution >= 0.6 is 0 Å². The van der Waals surface area contributed by atoms with Crippen LogP contribution < -0.4 is 5.32 Å². The largest absolute Gasteiger partial charge is 0.325 e. The van der Waals surface area contributed by atoms with Crippen LogP contribution in [0.2, 0.25) is 0 Å². The van der Waals surface area contributed by atoms with Gasteiger partial charge >= 0.3 is 0 Å². The first-order valence-electron chi connectivity index (χ1n) is 7.16. The van der Waals surface area contributed by atoms with Crippen molar-refractivity contribution in [1.82, 2.24) is 4.90 Å². The number of nitrogens with zero attached hydrogens (tertiary/aromatic N) is 2. The molecule has 0 spiro atoms. The first-order valence-corrected chi connectivity index (χ1v) is 7.16. The van der Waals surface area contributed by atoms with Crippen LogP contribution in [0.3, 0.4) is 0 Å². The summed E-state index contributed by atoms with van der Waals surface area (Å²) >= 11 is 0. The van der Waals surface area contributed by atoms with Crippen LogP contribution in [0, 0.1) is 18.3 Å². The Labute approximate surface area is 120 Å². The fourth-order valence-electron chi connectivity index (χ4n) is 2.78. The van der Waals surface area contributed by atoms with E-state index in [1.807, 2.05) is 36.1 Å². The van der Waals surface area contributed by atoms with Crippen molar-refractivity contribution >= 4 is 11.6 Å². The molecule has 0 bridgehead atoms. The number of carbonyl (C=O) groups excluding carboxylic acids is 1. The monoisotopic (exact) mass is 271 g/mol. The van der Waals surface area contributed by atoms with Crippen LogP contribution in [0.1, 0.15) is 31.2 Å². The van der Waals surface area contributed by atoms with E-state index in [4.69, 9.17) is 5.26 Å². The van der Waals surface area contributed by atoms with Gasteiger partial charge in [-0.05, 0) is 37.5 Å². The Morgan fingerprint density at radius 3 is 2.85 bits per heavy atom. The number of rotatable bonds is 5. The summed E-state index contributed by atoms with van der Waals surface area (Å²) < 4.78 is 0. The minimum atomic E-state index is -0.0438. The molecule has 1 N–H and O–H groups in total. The SMILES string of the molecule is Cc1cccc(NC(=O)CN(CC#N)C2CCCC2)c1. The van der Waals surface area contributed by atoms with Crippen molar-refractivity contribution in [3.8, 4) is 6.07 Å². The number of amides is 1. The van der Waals surface area contributed by atoms with Gasteiger partial charge in [-0.3, -0.25) is 9.69 Å². The maximum atomic E-state index is 12.1. The van der Waals surface area contributed by atoms with Gasteiger partial charge in [-0.25, -0.2) is 0 Å². The fraction of sp³-hybridized carbons (Fsp3) is 0.500. The molecule has 2 rings (SSSR count). The molecule has 1 aliphatic carbocycles. The molecule has 1 amide bonds. The van der Waals surface area contributed by atoms with Gasteiger partial charge < -0.3 is 5.32 Å². The van der Waals surface area contributed by atoms with Crippen molar-refractivity contribution in [3.63, 3.8) is 0 Å². The molecule has 20 heavy (non-hydrogen) atoms. The van der Waals surface area contributed by atoms with Crippen LogP contribution in [0.15, 0.2) is 24.3 Å². The number of anilines is 1. The Hall–Kier alpha value is -1.86. The van der Waals surface area contributed by atoms with Crippen molar-refractivity contribution in [3.05, 3.63) is 29.8 Å². The molecule has 1 aliphatic rings. The van der Waals surface area contributed by atoms with E-state index in [9.17, 15) is 4.79 Å². The second-order valence-electron chi connectivity index (χ2n) is 5.42. The van der Waals surface area contributed by atoms with E-state index < -0.39 is 0 Å². The second-order valence-corrected chi connectivity index (χ2v) is 5.42. The summed E-state index contributed by atoms with van der Waals surface area (Å²) in [6.07, 6.45) is 4.59. The molecule has 4 nitrogen and oxygen atoms in total. The Morgan fingerprint density at radius 1 is 1.45 bits per heavy atom. The van der Waals surface area contributed by atoms with Gasteiger partial charge in [0.2, 0.25) is 5.91 Å². The van der Waals surface area contributed by atoms with Crippen LogP contribution in [0.25, 0.3) is 0 Å². The quantitative estimate of drug-likeness (QED) is 0.838. The average Bonchev–Trinajstić information content (AvgIpc) is 2.92. The summed E-state index contributed by atoms with van der Waals surface area (Å²) in [5.74, 6) is -0.0438. The lowest BCUT2D eigenvalue weighted by atomic mass is 10.2. The number of hydrogen-bond acceptors (Lipinski definition) is 3. The zero-order chi connectivity index (χ0) is 14.4. The summed E-state index contributed by atoms with van der Waals surface area (Å²) in [5, 5.41) is 11.8. The third-order valence-electron chi connectivity index (χ3n) is 3.76. The molecule has 1 aromatic rings. The van der Waals surface area contributed by atoms with Gasteiger partial charge in [-0.1, -0.05) is 25.0 Å². The van der Waals surface area contributed by atoms with E-state index >= 15 is 0 Å². The minimum absolute atomic E-state index is 0.0438. The third-order valence-corrected chi connectivity index (χ3v) is 3.76. The lowest BCUT2D eigenvalue weighted by Gasteiger charge is -2.25. The summed E-state index contributed by atoms with van der Waals surface area (Å²) in [6, 6.07) is 10.3. The molecule has 1 aromatic carbocycles. The molecule has 1 fully saturated rings. The van der Waals surface area contributed by atoms with Crippen LogP contribution in [-0.4, -0.2) is 29.9 Å². The van der Waals surface area contributed by atoms with Crippen LogP contribution in [0.4, 0.5) is 5.69 Å². The molecule has 0 saturated heterocycles. The zero-order valence-electron chi connectivity index (χ0n) is 11.9. The normalized spacial score (nSPS) is 15.2. The van der Waals surface area contributed by atoms with Gasteiger partial charge in [0.1, 0.15) is 0 Å². The lowest BCUT2D eigenvalue weighted by Crippen LogP contribution is -2.39. The van der Waals surface area contributed by atoms with E-state index in [0.717, 1.165) is 24.1 Å². The lowest BCUT2D eigenvalue weighted by molar-refractivity contribution is -0.117. The van der Waals surface area contributed by atoms with Crippen molar-refractivity contribution in [2.75, 3.05) is 18.4 Å². The van der Waals surface area contributed by atoms with Crippen molar-refractivity contribution in [2.24, 2.45) is 0 Å². The zero-order valence-corrected chi connectivity index (χ0v) is 11.9. The number of carbonyl (C=O) groups is 1. The molecule has 0 aliphatic heterocycles. The van der Waals surface area contributed by atoms with Crippen molar-refractivity contribution in [2.45, 2.75) is 38.6 Å². The molecule has 0 unspecified atom stereocenters. The predicted octanol–water partition coefficient (Wildman–Crippen LogP) is 2.70. The Bertz CT molecular complexity index is 501. The summed E-state index contributed by atoms with van der Waals surface area (Å²) in [4.78, 5) is 14.1. The van der Waals surface area contributed by atoms with E-state index in [-0.39, 0.29) is 5.91 Å². The number of benzene rings is 1. The summed E-state index contributed by atoms with van der Waals surface area (Å²) in [5.41, 5.74) is 1.94. The number of aryl methyl sites for hydroxylation is 1. The van der Waals surface area contributed by atoms with E-state index in [2.05, 4.69) is 11.4 Å². The van der Waals surface area contributed by atoms with Gasteiger partial charge in [0.05, 0.1) is 19.2 Å². The molecular formula is C16H21N3O.